The van der Waals surface area contributed by atoms with Crippen molar-refractivity contribution in [2.75, 3.05) is 0 Å². The lowest BCUT2D eigenvalue weighted by Crippen LogP contribution is -2.05. The molecule has 0 radical (unpaired) electrons. The summed E-state index contributed by atoms with van der Waals surface area (Å²) in [5.41, 5.74) is 1.34. The Morgan fingerprint density at radius 1 is 1.78 bits per heavy atom. The molecule has 0 spiro atoms. The van der Waals surface area contributed by atoms with Gasteiger partial charge in [-0.05, 0) is 18.8 Å². The Hall–Kier alpha value is -0.590. The third-order valence-corrected chi connectivity index (χ3v) is 1.64. The van der Waals surface area contributed by atoms with Crippen LogP contribution in [0.15, 0.2) is 17.3 Å². The molecule has 0 bridgehead atoms. The zero-order valence-corrected chi connectivity index (χ0v) is 6.09. The molecular formula is C8H13N. The quantitative estimate of drug-likeness (QED) is 0.507. The van der Waals surface area contributed by atoms with Crippen molar-refractivity contribution in [3.8, 4) is 0 Å². The third kappa shape index (κ3) is 1.67. The van der Waals surface area contributed by atoms with Crippen LogP contribution in [0, 0.1) is 5.92 Å². The van der Waals surface area contributed by atoms with Crippen LogP contribution in [-0.2, 0) is 0 Å². The van der Waals surface area contributed by atoms with Crippen LogP contribution in [0.25, 0.3) is 0 Å². The van der Waals surface area contributed by atoms with Gasteiger partial charge in [-0.3, -0.25) is 4.99 Å². The highest BCUT2D eigenvalue weighted by Crippen LogP contribution is 2.12. The molecule has 1 heterocycles. The molecule has 0 saturated heterocycles. The van der Waals surface area contributed by atoms with Crippen molar-refractivity contribution >= 4 is 5.71 Å². The summed E-state index contributed by atoms with van der Waals surface area (Å²) in [5.74, 6) is 0.706. The smallest absolute Gasteiger partial charge is 0.0230 e. The largest absolute Gasteiger partial charge is 0.266 e. The fraction of sp³-hybridized carbons (Fsp3) is 0.625. The molecule has 1 nitrogen and oxygen atoms in total. The number of aliphatic imine (C=N–C) groups is 1. The first-order valence-corrected chi connectivity index (χ1v) is 3.55. The molecule has 1 aliphatic heterocycles. The van der Waals surface area contributed by atoms with E-state index < -0.39 is 0 Å². The summed E-state index contributed by atoms with van der Waals surface area (Å²) in [6.45, 7) is 4.38. The van der Waals surface area contributed by atoms with Gasteiger partial charge >= 0.3 is 0 Å². The first kappa shape index (κ1) is 6.53. The molecule has 9 heavy (non-hydrogen) atoms. The standard InChI is InChI=1S/C8H13N/c1-3-8-6-7(2)4-5-9-8/h4-5,7H,3,6H2,1-2H3/t7-/m1/s1. The van der Waals surface area contributed by atoms with Crippen LogP contribution >= 0.6 is 0 Å². The van der Waals surface area contributed by atoms with Gasteiger partial charge < -0.3 is 0 Å². The van der Waals surface area contributed by atoms with E-state index in [2.05, 4.69) is 24.9 Å². The maximum atomic E-state index is 4.23. The van der Waals surface area contributed by atoms with Gasteiger partial charge in [0.05, 0.1) is 0 Å². The van der Waals surface area contributed by atoms with Crippen LogP contribution < -0.4 is 0 Å². The molecule has 1 rings (SSSR count). The fourth-order valence-corrected chi connectivity index (χ4v) is 1.02. The molecule has 50 valence electrons. The molecule has 1 atom stereocenters. The molecule has 0 unspecified atom stereocenters. The molecule has 1 aliphatic rings. The summed E-state index contributed by atoms with van der Waals surface area (Å²) < 4.78 is 0. The summed E-state index contributed by atoms with van der Waals surface area (Å²) >= 11 is 0. The third-order valence-electron chi connectivity index (χ3n) is 1.64. The van der Waals surface area contributed by atoms with Crippen molar-refractivity contribution in [3.05, 3.63) is 12.3 Å². The highest BCUT2D eigenvalue weighted by atomic mass is 14.7. The Balaban J connectivity index is 2.55. The summed E-state index contributed by atoms with van der Waals surface area (Å²) in [5, 5.41) is 0. The van der Waals surface area contributed by atoms with Crippen molar-refractivity contribution in [2.45, 2.75) is 26.7 Å². The molecule has 0 aromatic heterocycles. The van der Waals surface area contributed by atoms with E-state index in [0.29, 0.717) is 5.92 Å². The van der Waals surface area contributed by atoms with Gasteiger partial charge in [-0.25, -0.2) is 0 Å². The van der Waals surface area contributed by atoms with Crippen molar-refractivity contribution in [1.82, 2.24) is 0 Å². The molecule has 1 heteroatoms. The van der Waals surface area contributed by atoms with E-state index >= 15 is 0 Å². The average molecular weight is 123 g/mol. The number of allylic oxidation sites excluding steroid dienone is 1. The number of hydrogen-bond donors (Lipinski definition) is 0. The van der Waals surface area contributed by atoms with Gasteiger partial charge in [0.25, 0.3) is 0 Å². The first-order valence-electron chi connectivity index (χ1n) is 3.55. The van der Waals surface area contributed by atoms with Crippen LogP contribution in [-0.4, -0.2) is 5.71 Å². The van der Waals surface area contributed by atoms with E-state index in [1.54, 1.807) is 0 Å². The molecule has 0 saturated carbocycles. The molecular weight excluding hydrogens is 110 g/mol. The summed E-state index contributed by atoms with van der Waals surface area (Å²) in [7, 11) is 0. The normalized spacial score (nSPS) is 26.0. The number of nitrogens with zero attached hydrogens (tertiary/aromatic N) is 1. The van der Waals surface area contributed by atoms with Crippen LogP contribution in [0.2, 0.25) is 0 Å². The predicted molar refractivity (Wildman–Crippen MR) is 40.6 cm³/mol. The Labute approximate surface area is 56.5 Å². The minimum absolute atomic E-state index is 0.706. The molecule has 0 amide bonds. The number of hydrogen-bond acceptors (Lipinski definition) is 1. The van der Waals surface area contributed by atoms with Gasteiger partial charge in [0, 0.05) is 11.9 Å². The Morgan fingerprint density at radius 3 is 3.00 bits per heavy atom. The molecule has 0 fully saturated rings. The highest BCUT2D eigenvalue weighted by molar-refractivity contribution is 5.85. The first-order chi connectivity index (χ1) is 4.33. The zero-order valence-electron chi connectivity index (χ0n) is 6.09. The molecule has 0 N–H and O–H groups in total. The summed E-state index contributed by atoms with van der Waals surface area (Å²) in [6, 6.07) is 0. The Bertz CT molecular complexity index is 145. The van der Waals surface area contributed by atoms with Gasteiger partial charge in [-0.2, -0.15) is 0 Å². The zero-order chi connectivity index (χ0) is 6.69. The SMILES string of the molecule is CCC1=NC=C[C@@H](C)C1. The predicted octanol–water partition coefficient (Wildman–Crippen LogP) is 2.39. The van der Waals surface area contributed by atoms with E-state index in [9.17, 15) is 0 Å². The Morgan fingerprint density at radius 2 is 2.56 bits per heavy atom. The minimum Gasteiger partial charge on any atom is -0.266 e. The van der Waals surface area contributed by atoms with Crippen molar-refractivity contribution < 1.29 is 0 Å². The van der Waals surface area contributed by atoms with E-state index in [4.69, 9.17) is 0 Å². The van der Waals surface area contributed by atoms with Crippen LogP contribution in [0.5, 0.6) is 0 Å². The van der Waals surface area contributed by atoms with Crippen LogP contribution in [0.1, 0.15) is 26.7 Å². The summed E-state index contributed by atoms with van der Waals surface area (Å²) in [4.78, 5) is 4.23. The van der Waals surface area contributed by atoms with E-state index in [1.807, 2.05) is 6.20 Å². The van der Waals surface area contributed by atoms with E-state index in [1.165, 1.54) is 5.71 Å². The molecule has 0 aromatic rings. The molecule has 0 aromatic carbocycles. The topological polar surface area (TPSA) is 12.4 Å². The lowest BCUT2D eigenvalue weighted by Gasteiger charge is -2.10. The van der Waals surface area contributed by atoms with Gasteiger partial charge in [0.15, 0.2) is 0 Å². The second kappa shape index (κ2) is 2.81. The maximum Gasteiger partial charge on any atom is 0.0230 e. The van der Waals surface area contributed by atoms with Crippen LogP contribution in [0.4, 0.5) is 0 Å². The lowest BCUT2D eigenvalue weighted by atomic mass is 10.0. The second-order valence-electron chi connectivity index (χ2n) is 2.57. The van der Waals surface area contributed by atoms with Crippen molar-refractivity contribution in [2.24, 2.45) is 10.9 Å². The Kier molecular flexibility index (Phi) is 2.04. The van der Waals surface area contributed by atoms with Gasteiger partial charge in [0.1, 0.15) is 0 Å². The minimum atomic E-state index is 0.706. The fourth-order valence-electron chi connectivity index (χ4n) is 1.02. The van der Waals surface area contributed by atoms with E-state index in [0.717, 1.165) is 12.8 Å². The molecule has 0 aliphatic carbocycles. The highest BCUT2D eigenvalue weighted by Gasteiger charge is 2.04. The summed E-state index contributed by atoms with van der Waals surface area (Å²) in [6.07, 6.45) is 6.34. The maximum absolute atomic E-state index is 4.23. The van der Waals surface area contributed by atoms with Crippen molar-refractivity contribution in [3.63, 3.8) is 0 Å². The lowest BCUT2D eigenvalue weighted by molar-refractivity contribution is 0.746. The monoisotopic (exact) mass is 123 g/mol. The van der Waals surface area contributed by atoms with Gasteiger partial charge in [-0.1, -0.05) is 19.9 Å². The number of rotatable bonds is 1. The van der Waals surface area contributed by atoms with Gasteiger partial charge in [-0.15, -0.1) is 0 Å². The second-order valence-corrected chi connectivity index (χ2v) is 2.57. The van der Waals surface area contributed by atoms with Crippen molar-refractivity contribution in [1.29, 1.82) is 0 Å². The van der Waals surface area contributed by atoms with Crippen LogP contribution in [0.3, 0.4) is 0 Å². The average Bonchev–Trinajstić information content (AvgIpc) is 1.88. The van der Waals surface area contributed by atoms with Gasteiger partial charge in [0.2, 0.25) is 0 Å². The van der Waals surface area contributed by atoms with E-state index in [-0.39, 0.29) is 0 Å².